The second kappa shape index (κ2) is 5.52. The van der Waals surface area contributed by atoms with E-state index in [1.165, 1.54) is 11.5 Å². The SMILES string of the molecule is CC(C)COC1=CC(C)C(c2nc(=O)[nH]s2)C=C1. The van der Waals surface area contributed by atoms with Crippen LogP contribution in [-0.4, -0.2) is 16.0 Å². The van der Waals surface area contributed by atoms with Crippen LogP contribution < -0.4 is 5.69 Å². The third kappa shape index (κ3) is 3.10. The van der Waals surface area contributed by atoms with Gasteiger partial charge >= 0.3 is 5.69 Å². The number of nitrogens with one attached hydrogen (secondary N) is 1. The molecule has 0 aliphatic heterocycles. The average molecular weight is 266 g/mol. The molecule has 0 radical (unpaired) electrons. The van der Waals surface area contributed by atoms with Crippen LogP contribution in [0.2, 0.25) is 0 Å². The molecule has 1 aromatic rings. The van der Waals surface area contributed by atoms with E-state index in [2.05, 4.69) is 42.3 Å². The van der Waals surface area contributed by atoms with Crippen LogP contribution in [0.1, 0.15) is 31.7 Å². The second-order valence-corrected chi connectivity index (χ2v) is 5.80. The fraction of sp³-hybridized carbons (Fsp3) is 0.538. The molecule has 0 amide bonds. The largest absolute Gasteiger partial charge is 0.494 e. The van der Waals surface area contributed by atoms with Crippen LogP contribution >= 0.6 is 11.5 Å². The van der Waals surface area contributed by atoms with E-state index >= 15 is 0 Å². The van der Waals surface area contributed by atoms with E-state index < -0.39 is 0 Å². The van der Waals surface area contributed by atoms with E-state index in [9.17, 15) is 4.79 Å². The van der Waals surface area contributed by atoms with E-state index in [0.717, 1.165) is 17.4 Å². The first-order valence-corrected chi connectivity index (χ1v) is 6.96. The minimum absolute atomic E-state index is 0.167. The first kappa shape index (κ1) is 13.1. The lowest BCUT2D eigenvalue weighted by atomic mass is 9.90. The van der Waals surface area contributed by atoms with Gasteiger partial charge in [0.2, 0.25) is 0 Å². The van der Waals surface area contributed by atoms with Gasteiger partial charge in [0.05, 0.1) is 6.61 Å². The lowest BCUT2D eigenvalue weighted by molar-refractivity contribution is 0.186. The molecule has 0 aromatic carbocycles. The average Bonchev–Trinajstić information content (AvgIpc) is 2.73. The fourth-order valence-corrected chi connectivity index (χ4v) is 2.64. The summed E-state index contributed by atoms with van der Waals surface area (Å²) in [6.07, 6.45) is 6.13. The number of allylic oxidation sites excluding steroid dienone is 3. The van der Waals surface area contributed by atoms with Crippen molar-refractivity contribution < 1.29 is 4.74 Å². The fourth-order valence-electron chi connectivity index (χ4n) is 1.84. The van der Waals surface area contributed by atoms with Gasteiger partial charge in [-0.25, -0.2) is 4.79 Å². The third-order valence-electron chi connectivity index (χ3n) is 2.78. The molecule has 2 unspecified atom stereocenters. The number of rotatable bonds is 4. The first-order valence-electron chi connectivity index (χ1n) is 6.14. The summed E-state index contributed by atoms with van der Waals surface area (Å²) >= 11 is 1.31. The lowest BCUT2D eigenvalue weighted by Gasteiger charge is -2.21. The normalized spacial score (nSPS) is 23.2. The highest BCUT2D eigenvalue weighted by atomic mass is 32.1. The van der Waals surface area contributed by atoms with Crippen molar-refractivity contribution in [1.29, 1.82) is 0 Å². The van der Waals surface area contributed by atoms with Gasteiger partial charge in [0.25, 0.3) is 0 Å². The Morgan fingerprint density at radius 3 is 2.89 bits per heavy atom. The number of nitrogens with zero attached hydrogens (tertiary/aromatic N) is 1. The van der Waals surface area contributed by atoms with Crippen molar-refractivity contribution in [3.63, 3.8) is 0 Å². The third-order valence-corrected chi connectivity index (χ3v) is 3.63. The van der Waals surface area contributed by atoms with Crippen molar-refractivity contribution in [3.05, 3.63) is 39.5 Å². The summed E-state index contributed by atoms with van der Waals surface area (Å²) in [6, 6.07) is 0. The molecule has 1 N–H and O–H groups in total. The van der Waals surface area contributed by atoms with Gasteiger partial charge in [0, 0.05) is 5.92 Å². The summed E-state index contributed by atoms with van der Waals surface area (Å²) < 4.78 is 8.32. The molecule has 0 fully saturated rings. The standard InChI is InChI=1S/C13H18N2O2S/c1-8(2)7-17-10-4-5-11(9(3)6-10)12-14-13(16)15-18-12/h4-6,8-9,11H,7H2,1-3H3,(H,15,16). The Bertz CT molecular complexity index is 513. The maximum Gasteiger partial charge on any atom is 0.355 e. The van der Waals surface area contributed by atoms with E-state index in [1.807, 2.05) is 6.08 Å². The molecule has 5 heteroatoms. The number of hydrogen-bond acceptors (Lipinski definition) is 4. The topological polar surface area (TPSA) is 55.0 Å². The molecule has 1 aromatic heterocycles. The maximum atomic E-state index is 11.1. The lowest BCUT2D eigenvalue weighted by Crippen LogP contribution is -2.12. The number of H-pyrrole nitrogens is 1. The summed E-state index contributed by atoms with van der Waals surface area (Å²) in [5.41, 5.74) is -0.263. The molecule has 18 heavy (non-hydrogen) atoms. The van der Waals surface area contributed by atoms with Gasteiger partial charge in [-0.1, -0.05) is 26.8 Å². The summed E-state index contributed by atoms with van der Waals surface area (Å²) in [4.78, 5) is 15.0. The number of aromatic amines is 1. The van der Waals surface area contributed by atoms with Gasteiger partial charge in [-0.15, -0.1) is 0 Å². The van der Waals surface area contributed by atoms with Crippen LogP contribution in [0, 0.1) is 11.8 Å². The zero-order chi connectivity index (χ0) is 13.1. The van der Waals surface area contributed by atoms with Gasteiger partial charge in [-0.05, 0) is 35.5 Å². The summed E-state index contributed by atoms with van der Waals surface area (Å²) in [5, 5.41) is 0.836. The number of hydrogen-bond donors (Lipinski definition) is 1. The molecule has 0 spiro atoms. The second-order valence-electron chi connectivity index (χ2n) is 4.98. The Kier molecular flexibility index (Phi) is 4.01. The Labute approximate surface area is 111 Å². The molecule has 4 nitrogen and oxygen atoms in total. The van der Waals surface area contributed by atoms with E-state index in [1.54, 1.807) is 0 Å². The van der Waals surface area contributed by atoms with Crippen LogP contribution in [0.4, 0.5) is 0 Å². The Balaban J connectivity index is 2.04. The molecular weight excluding hydrogens is 248 g/mol. The van der Waals surface area contributed by atoms with Crippen molar-refractivity contribution in [2.45, 2.75) is 26.7 Å². The van der Waals surface area contributed by atoms with Gasteiger partial charge < -0.3 is 4.74 Å². The minimum Gasteiger partial charge on any atom is -0.494 e. The van der Waals surface area contributed by atoms with Crippen LogP contribution in [-0.2, 0) is 4.74 Å². The van der Waals surface area contributed by atoms with Gasteiger partial charge in [-0.3, -0.25) is 4.37 Å². The minimum atomic E-state index is -0.263. The molecule has 98 valence electrons. The van der Waals surface area contributed by atoms with Gasteiger partial charge in [-0.2, -0.15) is 4.98 Å². The zero-order valence-corrected chi connectivity index (χ0v) is 11.7. The Morgan fingerprint density at radius 2 is 2.33 bits per heavy atom. The monoisotopic (exact) mass is 266 g/mol. The van der Waals surface area contributed by atoms with Crippen molar-refractivity contribution in [2.75, 3.05) is 6.61 Å². The highest BCUT2D eigenvalue weighted by molar-refractivity contribution is 7.05. The van der Waals surface area contributed by atoms with Crippen molar-refractivity contribution in [2.24, 2.45) is 11.8 Å². The van der Waals surface area contributed by atoms with E-state index in [0.29, 0.717) is 5.92 Å². The van der Waals surface area contributed by atoms with Crippen LogP contribution in [0.25, 0.3) is 0 Å². The molecule has 0 saturated heterocycles. The van der Waals surface area contributed by atoms with Crippen molar-refractivity contribution in [3.8, 4) is 0 Å². The van der Waals surface area contributed by atoms with Gasteiger partial charge in [0.1, 0.15) is 10.8 Å². The molecule has 1 aliphatic carbocycles. The highest BCUT2D eigenvalue weighted by Gasteiger charge is 2.22. The Morgan fingerprint density at radius 1 is 1.56 bits per heavy atom. The predicted octanol–water partition coefficient (Wildman–Crippen LogP) is 2.68. The summed E-state index contributed by atoms with van der Waals surface area (Å²) in [5.74, 6) is 1.88. The van der Waals surface area contributed by atoms with E-state index in [4.69, 9.17) is 4.74 Å². The maximum absolute atomic E-state index is 11.1. The summed E-state index contributed by atoms with van der Waals surface area (Å²) in [6.45, 7) is 7.09. The van der Waals surface area contributed by atoms with Gasteiger partial charge in [0.15, 0.2) is 0 Å². The van der Waals surface area contributed by atoms with E-state index in [-0.39, 0.29) is 17.5 Å². The Hall–Kier alpha value is -1.36. The van der Waals surface area contributed by atoms with Crippen LogP contribution in [0.15, 0.2) is 28.8 Å². The van der Waals surface area contributed by atoms with Crippen LogP contribution in [0.3, 0.4) is 0 Å². The van der Waals surface area contributed by atoms with Crippen LogP contribution in [0.5, 0.6) is 0 Å². The molecule has 1 heterocycles. The predicted molar refractivity (Wildman–Crippen MR) is 72.7 cm³/mol. The smallest absolute Gasteiger partial charge is 0.355 e. The number of aromatic nitrogens is 2. The number of ether oxygens (including phenoxy) is 1. The molecule has 2 rings (SSSR count). The molecule has 2 atom stereocenters. The quantitative estimate of drug-likeness (QED) is 0.911. The zero-order valence-electron chi connectivity index (χ0n) is 10.8. The molecule has 0 saturated carbocycles. The van der Waals surface area contributed by atoms with Crippen molar-refractivity contribution in [1.82, 2.24) is 9.36 Å². The highest BCUT2D eigenvalue weighted by Crippen LogP contribution is 2.32. The molecule has 0 bridgehead atoms. The first-order chi connectivity index (χ1) is 8.56. The molecular formula is C13H18N2O2S. The van der Waals surface area contributed by atoms with Crippen molar-refractivity contribution >= 4 is 11.5 Å². The summed E-state index contributed by atoms with van der Waals surface area (Å²) in [7, 11) is 0. The molecule has 1 aliphatic rings.